The van der Waals surface area contributed by atoms with Gasteiger partial charge in [-0.2, -0.15) is 0 Å². The molecule has 3 unspecified atom stereocenters. The lowest BCUT2D eigenvalue weighted by molar-refractivity contribution is -0.140. The zero-order valence-corrected chi connectivity index (χ0v) is 10.4. The first kappa shape index (κ1) is 13.6. The van der Waals surface area contributed by atoms with Gasteiger partial charge in [-0.1, -0.05) is 27.7 Å². The van der Waals surface area contributed by atoms with Crippen molar-refractivity contribution >= 4 is 16.8 Å². The van der Waals surface area contributed by atoms with Gasteiger partial charge in [0.15, 0.2) is 0 Å². The fraction of sp³-hybridized carbons (Fsp3) is 0.900. The summed E-state index contributed by atoms with van der Waals surface area (Å²) in [5.74, 6) is 0.0812. The van der Waals surface area contributed by atoms with Crippen molar-refractivity contribution in [1.29, 1.82) is 0 Å². The molecule has 0 N–H and O–H groups in total. The van der Waals surface area contributed by atoms with Crippen molar-refractivity contribution in [1.82, 2.24) is 0 Å². The number of carbonyl (C=O) groups excluding carboxylic acids is 1. The van der Waals surface area contributed by atoms with Crippen LogP contribution in [-0.2, 0) is 20.3 Å². The van der Waals surface area contributed by atoms with Gasteiger partial charge < -0.3 is 4.74 Å². The topological polar surface area (TPSA) is 43.4 Å². The van der Waals surface area contributed by atoms with Crippen molar-refractivity contribution in [2.24, 2.45) is 5.92 Å². The number of carbonyl (C=O) groups is 1. The Bertz CT molecular complexity index is 213. The van der Waals surface area contributed by atoms with Gasteiger partial charge >= 0.3 is 5.97 Å². The molecule has 0 bridgehead atoms. The second-order valence-electron chi connectivity index (χ2n) is 3.87. The maximum atomic E-state index is 11.8. The quantitative estimate of drug-likeness (QED) is 0.663. The van der Waals surface area contributed by atoms with Gasteiger partial charge in [-0.15, -0.1) is 0 Å². The fourth-order valence-electron chi connectivity index (χ4n) is 1.03. The van der Waals surface area contributed by atoms with E-state index in [4.69, 9.17) is 0 Å². The molecule has 0 heterocycles. The van der Waals surface area contributed by atoms with E-state index in [1.54, 1.807) is 0 Å². The van der Waals surface area contributed by atoms with Crippen LogP contribution in [0.1, 0.15) is 34.1 Å². The van der Waals surface area contributed by atoms with Crippen LogP contribution in [-0.4, -0.2) is 27.8 Å². The maximum Gasteiger partial charge on any atom is 0.306 e. The molecule has 0 spiro atoms. The molecule has 0 saturated carbocycles. The molecule has 0 radical (unpaired) electrons. The average Bonchev–Trinajstić information content (AvgIpc) is 2.14. The van der Waals surface area contributed by atoms with Crippen LogP contribution in [0.15, 0.2) is 0 Å². The standard InChI is InChI=1S/C10H20O3S/c1-7(2)9(4)14(12)8(3)6-10(11)13-5/h7-9H,6H2,1-5H3. The van der Waals surface area contributed by atoms with Crippen molar-refractivity contribution in [3.05, 3.63) is 0 Å². The van der Waals surface area contributed by atoms with Crippen LogP contribution in [0.3, 0.4) is 0 Å². The molecular formula is C10H20O3S. The normalized spacial score (nSPS) is 17.6. The predicted molar refractivity (Wildman–Crippen MR) is 58.5 cm³/mol. The van der Waals surface area contributed by atoms with Crippen molar-refractivity contribution in [3.63, 3.8) is 0 Å². The first-order chi connectivity index (χ1) is 6.40. The Morgan fingerprint density at radius 1 is 1.29 bits per heavy atom. The highest BCUT2D eigenvalue weighted by atomic mass is 32.2. The molecule has 3 atom stereocenters. The first-order valence-corrected chi connectivity index (χ1v) is 6.14. The van der Waals surface area contributed by atoms with Crippen LogP contribution >= 0.6 is 0 Å². The monoisotopic (exact) mass is 220 g/mol. The summed E-state index contributed by atoms with van der Waals surface area (Å²) in [5.41, 5.74) is 0. The minimum Gasteiger partial charge on any atom is -0.469 e. The highest BCUT2D eigenvalue weighted by Crippen LogP contribution is 2.14. The molecular weight excluding hydrogens is 200 g/mol. The number of esters is 1. The number of ether oxygens (including phenoxy) is 1. The van der Waals surface area contributed by atoms with Crippen molar-refractivity contribution in [3.8, 4) is 0 Å². The van der Waals surface area contributed by atoms with Crippen LogP contribution in [0.4, 0.5) is 0 Å². The van der Waals surface area contributed by atoms with E-state index >= 15 is 0 Å². The zero-order valence-electron chi connectivity index (χ0n) is 9.57. The van der Waals surface area contributed by atoms with E-state index in [-0.39, 0.29) is 22.9 Å². The van der Waals surface area contributed by atoms with Gasteiger partial charge in [0.25, 0.3) is 0 Å². The maximum absolute atomic E-state index is 11.8. The first-order valence-electron chi connectivity index (χ1n) is 4.86. The van der Waals surface area contributed by atoms with Gasteiger partial charge in [0.1, 0.15) is 0 Å². The molecule has 3 nitrogen and oxygen atoms in total. The largest absolute Gasteiger partial charge is 0.469 e. The summed E-state index contributed by atoms with van der Waals surface area (Å²) in [5, 5.41) is -0.00509. The Morgan fingerprint density at radius 2 is 1.79 bits per heavy atom. The Balaban J connectivity index is 4.18. The Labute approximate surface area is 88.7 Å². The number of hydrogen-bond acceptors (Lipinski definition) is 3. The molecule has 0 aliphatic carbocycles. The van der Waals surface area contributed by atoms with E-state index in [1.165, 1.54) is 7.11 Å². The highest BCUT2D eigenvalue weighted by molar-refractivity contribution is 7.86. The summed E-state index contributed by atoms with van der Waals surface area (Å²) >= 11 is 0. The predicted octanol–water partition coefficient (Wildman–Crippen LogP) is 1.73. The van der Waals surface area contributed by atoms with Crippen LogP contribution in [0.5, 0.6) is 0 Å². The molecule has 0 aromatic heterocycles. The third-order valence-corrected chi connectivity index (χ3v) is 4.62. The summed E-state index contributed by atoms with van der Waals surface area (Å²) < 4.78 is 16.4. The van der Waals surface area contributed by atoms with Gasteiger partial charge in [-0.3, -0.25) is 9.00 Å². The van der Waals surface area contributed by atoms with E-state index in [0.717, 1.165) is 0 Å². The summed E-state index contributed by atoms with van der Waals surface area (Å²) in [7, 11) is 0.388. The smallest absolute Gasteiger partial charge is 0.306 e. The lowest BCUT2D eigenvalue weighted by Crippen LogP contribution is -2.27. The molecule has 0 aliphatic rings. The lowest BCUT2D eigenvalue weighted by Gasteiger charge is -2.19. The molecule has 0 amide bonds. The third-order valence-electron chi connectivity index (χ3n) is 2.38. The van der Waals surface area contributed by atoms with Crippen LogP contribution in [0.2, 0.25) is 0 Å². The Hall–Kier alpha value is -0.380. The van der Waals surface area contributed by atoms with E-state index in [1.807, 2.05) is 27.7 Å². The Kier molecular flexibility index (Phi) is 6.00. The van der Waals surface area contributed by atoms with E-state index < -0.39 is 10.8 Å². The van der Waals surface area contributed by atoms with Crippen molar-refractivity contribution < 1.29 is 13.7 Å². The summed E-state index contributed by atoms with van der Waals surface area (Å²) in [4.78, 5) is 11.0. The molecule has 14 heavy (non-hydrogen) atoms. The van der Waals surface area contributed by atoms with Gasteiger partial charge in [0.05, 0.1) is 13.5 Å². The van der Waals surface area contributed by atoms with Crippen molar-refractivity contribution in [2.75, 3.05) is 7.11 Å². The molecule has 0 aliphatic heterocycles. The molecule has 0 aromatic rings. The van der Waals surface area contributed by atoms with Crippen LogP contribution in [0.25, 0.3) is 0 Å². The lowest BCUT2D eigenvalue weighted by atomic mass is 10.2. The summed E-state index contributed by atoms with van der Waals surface area (Å²) in [6, 6.07) is 0. The molecule has 0 aromatic carbocycles. The molecule has 0 saturated heterocycles. The Morgan fingerprint density at radius 3 is 2.14 bits per heavy atom. The minimum absolute atomic E-state index is 0.120. The zero-order chi connectivity index (χ0) is 11.3. The van der Waals surface area contributed by atoms with Gasteiger partial charge in [0, 0.05) is 21.3 Å². The van der Waals surface area contributed by atoms with E-state index in [0.29, 0.717) is 5.92 Å². The molecule has 4 heteroatoms. The van der Waals surface area contributed by atoms with Crippen LogP contribution < -0.4 is 0 Å². The van der Waals surface area contributed by atoms with Crippen molar-refractivity contribution in [2.45, 2.75) is 44.6 Å². The molecule has 84 valence electrons. The SMILES string of the molecule is COC(=O)CC(C)S(=O)C(C)C(C)C. The van der Waals surface area contributed by atoms with Gasteiger partial charge in [0.2, 0.25) is 0 Å². The molecule has 0 fully saturated rings. The highest BCUT2D eigenvalue weighted by Gasteiger charge is 2.22. The van der Waals surface area contributed by atoms with E-state index in [2.05, 4.69) is 4.74 Å². The summed E-state index contributed by atoms with van der Waals surface area (Å²) in [6.45, 7) is 7.85. The van der Waals surface area contributed by atoms with Gasteiger partial charge in [-0.25, -0.2) is 0 Å². The third kappa shape index (κ3) is 4.22. The van der Waals surface area contributed by atoms with Crippen LogP contribution in [0, 0.1) is 5.92 Å². The number of hydrogen-bond donors (Lipinski definition) is 0. The molecule has 0 rings (SSSR count). The second-order valence-corrected chi connectivity index (χ2v) is 6.07. The van der Waals surface area contributed by atoms with E-state index in [9.17, 15) is 9.00 Å². The number of methoxy groups -OCH3 is 1. The van der Waals surface area contributed by atoms with Gasteiger partial charge in [-0.05, 0) is 5.92 Å². The minimum atomic E-state index is -0.963. The second kappa shape index (κ2) is 6.17. The summed E-state index contributed by atoms with van der Waals surface area (Å²) in [6.07, 6.45) is 0.236. The average molecular weight is 220 g/mol. The fourth-order valence-corrected chi connectivity index (χ4v) is 2.60. The number of rotatable bonds is 5.